The first-order valence-corrected chi connectivity index (χ1v) is 8.77. The summed E-state index contributed by atoms with van der Waals surface area (Å²) >= 11 is 9.03. The maximum Gasteiger partial charge on any atom is 0.208 e. The zero-order valence-corrected chi connectivity index (χ0v) is 14.1. The quantitative estimate of drug-likeness (QED) is 0.677. The first-order valence-electron chi connectivity index (χ1n) is 6.52. The normalized spacial score (nSPS) is 10.8. The van der Waals surface area contributed by atoms with Gasteiger partial charge in [0.15, 0.2) is 5.82 Å². The molecule has 22 heavy (non-hydrogen) atoms. The molecule has 114 valence electrons. The number of aromatic amines is 1. The lowest BCUT2D eigenvalue weighted by molar-refractivity contribution is 0.296. The van der Waals surface area contributed by atoms with E-state index in [-0.39, 0.29) is 0 Å². The van der Waals surface area contributed by atoms with E-state index in [1.54, 1.807) is 35.2 Å². The van der Waals surface area contributed by atoms with Crippen molar-refractivity contribution >= 4 is 34.7 Å². The fourth-order valence-electron chi connectivity index (χ4n) is 1.70. The van der Waals surface area contributed by atoms with Gasteiger partial charge in [0.2, 0.25) is 5.16 Å². The van der Waals surface area contributed by atoms with Crippen LogP contribution in [0.25, 0.3) is 0 Å². The third-order valence-corrected chi connectivity index (χ3v) is 4.67. The van der Waals surface area contributed by atoms with Gasteiger partial charge in [-0.2, -0.15) is 0 Å². The van der Waals surface area contributed by atoms with Gasteiger partial charge in [-0.1, -0.05) is 23.4 Å². The Morgan fingerprint density at radius 1 is 1.27 bits per heavy atom. The average molecular weight is 353 g/mol. The molecule has 8 heteroatoms. The van der Waals surface area contributed by atoms with Gasteiger partial charge >= 0.3 is 0 Å². The molecule has 0 saturated heterocycles. The fraction of sp³-hybridized carbons (Fsp3) is 0.214. The van der Waals surface area contributed by atoms with Crippen LogP contribution in [0.15, 0.2) is 34.8 Å². The largest absolute Gasteiger partial charge is 0.486 e. The lowest BCUT2D eigenvalue weighted by Gasteiger charge is -2.03. The molecule has 0 aliphatic heterocycles. The van der Waals surface area contributed by atoms with E-state index in [1.807, 2.05) is 19.1 Å². The predicted octanol–water partition coefficient (Wildman–Crippen LogP) is 4.09. The number of benzene rings is 1. The van der Waals surface area contributed by atoms with Gasteiger partial charge in [-0.3, -0.25) is 5.10 Å². The highest BCUT2D eigenvalue weighted by Gasteiger charge is 2.06. The van der Waals surface area contributed by atoms with Crippen molar-refractivity contribution in [2.75, 3.05) is 0 Å². The van der Waals surface area contributed by atoms with Crippen LogP contribution in [0.2, 0.25) is 5.02 Å². The smallest absolute Gasteiger partial charge is 0.208 e. The van der Waals surface area contributed by atoms with Gasteiger partial charge in [-0.25, -0.2) is 9.97 Å². The number of nitrogens with zero attached hydrogens (tertiary/aromatic N) is 3. The summed E-state index contributed by atoms with van der Waals surface area (Å²) < 4.78 is 5.61. The molecule has 0 atom stereocenters. The van der Waals surface area contributed by atoms with Gasteiger partial charge in [-0.05, 0) is 31.2 Å². The van der Waals surface area contributed by atoms with Crippen molar-refractivity contribution in [3.05, 3.63) is 51.2 Å². The zero-order valence-electron chi connectivity index (χ0n) is 11.7. The third-order valence-electron chi connectivity index (χ3n) is 2.72. The van der Waals surface area contributed by atoms with Crippen LogP contribution in [-0.2, 0) is 12.4 Å². The molecule has 0 spiro atoms. The van der Waals surface area contributed by atoms with Crippen LogP contribution in [0.4, 0.5) is 0 Å². The molecule has 0 saturated carbocycles. The van der Waals surface area contributed by atoms with Crippen LogP contribution in [0.5, 0.6) is 5.75 Å². The number of rotatable bonds is 6. The number of aromatic nitrogens is 4. The molecule has 0 fully saturated rings. The van der Waals surface area contributed by atoms with Crippen LogP contribution >= 0.6 is 34.7 Å². The minimum Gasteiger partial charge on any atom is -0.486 e. The van der Waals surface area contributed by atoms with Crippen molar-refractivity contribution in [1.82, 2.24) is 20.2 Å². The van der Waals surface area contributed by atoms with E-state index >= 15 is 0 Å². The highest BCUT2D eigenvalue weighted by Crippen LogP contribution is 2.21. The van der Waals surface area contributed by atoms with E-state index in [0.29, 0.717) is 22.6 Å². The molecule has 5 nitrogen and oxygen atoms in total. The Labute approximate surface area is 141 Å². The van der Waals surface area contributed by atoms with Gasteiger partial charge in [0.05, 0.1) is 10.7 Å². The maximum atomic E-state index is 5.83. The molecular formula is C14H13ClN4OS2. The first-order chi connectivity index (χ1) is 10.7. The summed E-state index contributed by atoms with van der Waals surface area (Å²) in [4.78, 5) is 8.80. The number of nitrogens with one attached hydrogen (secondary N) is 1. The second kappa shape index (κ2) is 7.13. The van der Waals surface area contributed by atoms with Crippen LogP contribution in [-0.4, -0.2) is 20.2 Å². The molecule has 0 radical (unpaired) electrons. The first kappa shape index (κ1) is 15.3. The predicted molar refractivity (Wildman–Crippen MR) is 88.6 cm³/mol. The summed E-state index contributed by atoms with van der Waals surface area (Å²) in [6.07, 6.45) is 0. The summed E-state index contributed by atoms with van der Waals surface area (Å²) in [5.74, 6) is 2.19. The number of thiazole rings is 1. The van der Waals surface area contributed by atoms with Crippen molar-refractivity contribution in [3.63, 3.8) is 0 Å². The fourth-order valence-corrected chi connectivity index (χ4v) is 3.26. The summed E-state index contributed by atoms with van der Waals surface area (Å²) in [5.41, 5.74) is 1.05. The van der Waals surface area contributed by atoms with E-state index < -0.39 is 0 Å². The molecule has 0 aliphatic carbocycles. The molecule has 0 bridgehead atoms. The molecule has 0 aliphatic rings. The Morgan fingerprint density at radius 3 is 2.82 bits per heavy atom. The van der Waals surface area contributed by atoms with Gasteiger partial charge in [0.25, 0.3) is 0 Å². The van der Waals surface area contributed by atoms with E-state index in [9.17, 15) is 0 Å². The monoisotopic (exact) mass is 352 g/mol. The lowest BCUT2D eigenvalue weighted by Crippen LogP contribution is -1.97. The Morgan fingerprint density at radius 2 is 2.09 bits per heavy atom. The molecule has 3 rings (SSSR count). The number of thioether (sulfide) groups is 1. The Bertz CT molecular complexity index is 741. The number of aryl methyl sites for hydroxylation is 1. The van der Waals surface area contributed by atoms with Gasteiger partial charge in [0.1, 0.15) is 12.4 Å². The van der Waals surface area contributed by atoms with Gasteiger partial charge < -0.3 is 4.74 Å². The number of ether oxygens (including phenoxy) is 1. The Kier molecular flexibility index (Phi) is 4.97. The topological polar surface area (TPSA) is 63.7 Å². The molecule has 0 unspecified atom stereocenters. The molecule has 2 heterocycles. The summed E-state index contributed by atoms with van der Waals surface area (Å²) in [6, 6.07) is 7.21. The second-order valence-electron chi connectivity index (χ2n) is 4.45. The third kappa shape index (κ3) is 4.22. The summed E-state index contributed by atoms with van der Waals surface area (Å²) in [5, 5.41) is 11.5. The highest BCUT2D eigenvalue weighted by molar-refractivity contribution is 7.98. The number of hydrogen-bond donors (Lipinski definition) is 1. The van der Waals surface area contributed by atoms with Crippen molar-refractivity contribution in [2.24, 2.45) is 0 Å². The van der Waals surface area contributed by atoms with Crippen LogP contribution in [0, 0.1) is 6.92 Å². The van der Waals surface area contributed by atoms with Crippen LogP contribution in [0.1, 0.15) is 16.5 Å². The number of H-pyrrole nitrogens is 1. The van der Waals surface area contributed by atoms with Crippen LogP contribution < -0.4 is 4.74 Å². The standard InChI is InChI=1S/C14H13ClN4OS2/c1-9-16-11(7-21-9)8-22-14-17-13(18-19-14)6-20-12-4-2-10(15)3-5-12/h2-5,7H,6,8H2,1H3,(H,17,18,19). The molecule has 1 aromatic carbocycles. The maximum absolute atomic E-state index is 5.83. The molecule has 3 aromatic rings. The van der Waals surface area contributed by atoms with E-state index in [1.165, 1.54) is 0 Å². The zero-order chi connectivity index (χ0) is 15.4. The van der Waals surface area contributed by atoms with Crippen molar-refractivity contribution < 1.29 is 4.74 Å². The SMILES string of the molecule is Cc1nc(CSc2n[nH]c(COc3ccc(Cl)cc3)n2)cs1. The molecular weight excluding hydrogens is 340 g/mol. The van der Waals surface area contributed by atoms with Crippen molar-refractivity contribution in [1.29, 1.82) is 0 Å². The van der Waals surface area contributed by atoms with Gasteiger partial charge in [0, 0.05) is 16.2 Å². The Hall–Kier alpha value is -1.57. The Balaban J connectivity index is 1.51. The van der Waals surface area contributed by atoms with E-state index in [2.05, 4.69) is 25.5 Å². The van der Waals surface area contributed by atoms with Crippen LogP contribution in [0.3, 0.4) is 0 Å². The lowest BCUT2D eigenvalue weighted by atomic mass is 10.3. The molecule has 0 amide bonds. The summed E-state index contributed by atoms with van der Waals surface area (Å²) in [6.45, 7) is 2.34. The minimum atomic E-state index is 0.338. The highest BCUT2D eigenvalue weighted by atomic mass is 35.5. The average Bonchev–Trinajstić information content (AvgIpc) is 3.13. The second-order valence-corrected chi connectivity index (χ2v) is 6.89. The molecule has 2 aromatic heterocycles. The van der Waals surface area contributed by atoms with E-state index in [0.717, 1.165) is 22.2 Å². The summed E-state index contributed by atoms with van der Waals surface area (Å²) in [7, 11) is 0. The van der Waals surface area contributed by atoms with E-state index in [4.69, 9.17) is 16.3 Å². The van der Waals surface area contributed by atoms with Gasteiger partial charge in [-0.15, -0.1) is 16.4 Å². The number of halogens is 1. The number of hydrogen-bond acceptors (Lipinski definition) is 6. The molecule has 1 N–H and O–H groups in total. The van der Waals surface area contributed by atoms with Crippen molar-refractivity contribution in [3.8, 4) is 5.75 Å². The van der Waals surface area contributed by atoms with Crippen molar-refractivity contribution in [2.45, 2.75) is 24.4 Å². The minimum absolute atomic E-state index is 0.338.